The summed E-state index contributed by atoms with van der Waals surface area (Å²) < 4.78 is 26.4. The van der Waals surface area contributed by atoms with Crippen molar-refractivity contribution < 1.29 is 8.78 Å². The molecule has 3 heteroatoms. The first-order valence-corrected chi connectivity index (χ1v) is 6.86. The Balaban J connectivity index is 2.64. The third-order valence-electron chi connectivity index (χ3n) is 3.08. The Hall–Kier alpha value is -0.960. The molecule has 0 saturated carbocycles. The van der Waals surface area contributed by atoms with E-state index in [1.54, 1.807) is 0 Å². The minimum Gasteiger partial charge on any atom is -0.310 e. The van der Waals surface area contributed by atoms with Crippen LogP contribution in [0.3, 0.4) is 0 Å². The molecule has 0 spiro atoms. The summed E-state index contributed by atoms with van der Waals surface area (Å²) in [5.74, 6) is -0.997. The number of nitrogens with one attached hydrogen (secondary N) is 1. The fourth-order valence-corrected chi connectivity index (χ4v) is 2.18. The van der Waals surface area contributed by atoms with Crippen molar-refractivity contribution in [3.05, 3.63) is 35.4 Å². The zero-order valence-electron chi connectivity index (χ0n) is 11.3. The molecular formula is C15H23F2N. The van der Waals surface area contributed by atoms with Crippen molar-refractivity contribution in [3.8, 4) is 0 Å². The minimum atomic E-state index is -0.499. The van der Waals surface area contributed by atoms with E-state index >= 15 is 0 Å². The van der Waals surface area contributed by atoms with Gasteiger partial charge in [-0.3, -0.25) is 0 Å². The lowest BCUT2D eigenvalue weighted by Gasteiger charge is -2.18. The van der Waals surface area contributed by atoms with Crippen molar-refractivity contribution in [1.82, 2.24) is 5.32 Å². The van der Waals surface area contributed by atoms with E-state index < -0.39 is 11.6 Å². The van der Waals surface area contributed by atoms with E-state index in [0.29, 0.717) is 5.56 Å². The standard InChI is InChI=1S/C15H23F2N/c1-3-5-6-7-8-15(18-4-2)12-9-13(16)11-14(17)10-12/h9-11,15,18H,3-8H2,1-2H3. The van der Waals surface area contributed by atoms with Crippen LogP contribution in [0.2, 0.25) is 0 Å². The zero-order valence-corrected chi connectivity index (χ0v) is 11.3. The monoisotopic (exact) mass is 255 g/mol. The first-order chi connectivity index (χ1) is 8.67. The fraction of sp³-hybridized carbons (Fsp3) is 0.600. The van der Waals surface area contributed by atoms with Crippen LogP contribution in [-0.2, 0) is 0 Å². The second-order valence-corrected chi connectivity index (χ2v) is 4.66. The van der Waals surface area contributed by atoms with Gasteiger partial charge in [-0.25, -0.2) is 8.78 Å². The molecule has 1 unspecified atom stereocenters. The molecule has 18 heavy (non-hydrogen) atoms. The van der Waals surface area contributed by atoms with Gasteiger partial charge < -0.3 is 5.32 Å². The summed E-state index contributed by atoms with van der Waals surface area (Å²) in [4.78, 5) is 0. The van der Waals surface area contributed by atoms with Gasteiger partial charge in [0.1, 0.15) is 11.6 Å². The van der Waals surface area contributed by atoms with Crippen molar-refractivity contribution in [1.29, 1.82) is 0 Å². The summed E-state index contributed by atoms with van der Waals surface area (Å²) >= 11 is 0. The Bertz CT molecular complexity index is 332. The maximum atomic E-state index is 13.2. The Morgan fingerprint density at radius 1 is 1.00 bits per heavy atom. The zero-order chi connectivity index (χ0) is 13.4. The van der Waals surface area contributed by atoms with Gasteiger partial charge in [0.05, 0.1) is 0 Å². The molecule has 1 aromatic rings. The van der Waals surface area contributed by atoms with Gasteiger partial charge >= 0.3 is 0 Å². The highest BCUT2D eigenvalue weighted by molar-refractivity contribution is 5.21. The van der Waals surface area contributed by atoms with Crippen LogP contribution in [0.25, 0.3) is 0 Å². The summed E-state index contributed by atoms with van der Waals surface area (Å²) in [6.07, 6.45) is 5.60. The van der Waals surface area contributed by atoms with E-state index in [0.717, 1.165) is 25.5 Å². The number of hydrogen-bond acceptors (Lipinski definition) is 1. The molecule has 0 aliphatic rings. The highest BCUT2D eigenvalue weighted by Gasteiger charge is 2.12. The molecule has 0 bridgehead atoms. The third-order valence-corrected chi connectivity index (χ3v) is 3.08. The Morgan fingerprint density at radius 3 is 2.22 bits per heavy atom. The average molecular weight is 255 g/mol. The molecule has 0 saturated heterocycles. The van der Waals surface area contributed by atoms with Gasteiger partial charge in [0.25, 0.3) is 0 Å². The summed E-state index contributed by atoms with van der Waals surface area (Å²) in [5.41, 5.74) is 0.714. The molecule has 1 nitrogen and oxygen atoms in total. The lowest BCUT2D eigenvalue weighted by molar-refractivity contribution is 0.475. The molecule has 0 fully saturated rings. The molecule has 0 radical (unpaired) electrons. The largest absolute Gasteiger partial charge is 0.310 e. The lowest BCUT2D eigenvalue weighted by Crippen LogP contribution is -2.21. The first-order valence-electron chi connectivity index (χ1n) is 6.86. The van der Waals surface area contributed by atoms with Gasteiger partial charge in [-0.1, -0.05) is 39.5 Å². The summed E-state index contributed by atoms with van der Waals surface area (Å²) in [6, 6.07) is 3.83. The van der Waals surface area contributed by atoms with Crippen molar-refractivity contribution in [2.75, 3.05) is 6.54 Å². The molecule has 102 valence electrons. The van der Waals surface area contributed by atoms with Crippen LogP contribution in [0, 0.1) is 11.6 Å². The molecule has 0 aliphatic heterocycles. The second kappa shape index (κ2) is 8.20. The maximum absolute atomic E-state index is 13.2. The van der Waals surface area contributed by atoms with E-state index in [1.165, 1.54) is 31.4 Å². The van der Waals surface area contributed by atoms with Crippen LogP contribution >= 0.6 is 0 Å². The number of unbranched alkanes of at least 4 members (excludes halogenated alkanes) is 3. The Kier molecular flexibility index (Phi) is 6.88. The van der Waals surface area contributed by atoms with Gasteiger partial charge in [0, 0.05) is 12.1 Å². The summed E-state index contributed by atoms with van der Waals surface area (Å²) in [6.45, 7) is 4.98. The molecule has 1 aromatic carbocycles. The van der Waals surface area contributed by atoms with Gasteiger partial charge in [-0.2, -0.15) is 0 Å². The van der Waals surface area contributed by atoms with E-state index in [4.69, 9.17) is 0 Å². The SMILES string of the molecule is CCCCCCC(NCC)c1cc(F)cc(F)c1. The second-order valence-electron chi connectivity index (χ2n) is 4.66. The number of benzene rings is 1. The summed E-state index contributed by atoms with van der Waals surface area (Å²) in [7, 11) is 0. The Morgan fingerprint density at radius 2 is 1.67 bits per heavy atom. The molecule has 0 aliphatic carbocycles. The third kappa shape index (κ3) is 5.13. The molecule has 1 rings (SSSR count). The normalized spacial score (nSPS) is 12.7. The van der Waals surface area contributed by atoms with Crippen LogP contribution in [-0.4, -0.2) is 6.54 Å². The number of halogens is 2. The van der Waals surface area contributed by atoms with Crippen LogP contribution in [0.1, 0.15) is 57.6 Å². The van der Waals surface area contributed by atoms with Gasteiger partial charge in [0.15, 0.2) is 0 Å². The van der Waals surface area contributed by atoms with E-state index in [1.807, 2.05) is 6.92 Å². The maximum Gasteiger partial charge on any atom is 0.126 e. The molecule has 1 N–H and O–H groups in total. The molecule has 1 atom stereocenters. The van der Waals surface area contributed by atoms with Crippen LogP contribution < -0.4 is 5.32 Å². The van der Waals surface area contributed by atoms with Gasteiger partial charge in [0.2, 0.25) is 0 Å². The van der Waals surface area contributed by atoms with E-state index in [9.17, 15) is 8.78 Å². The van der Waals surface area contributed by atoms with Crippen molar-refractivity contribution in [2.24, 2.45) is 0 Å². The van der Waals surface area contributed by atoms with Crippen LogP contribution in [0.4, 0.5) is 8.78 Å². The van der Waals surface area contributed by atoms with Crippen LogP contribution in [0.5, 0.6) is 0 Å². The minimum absolute atomic E-state index is 0.0528. The molecule has 0 heterocycles. The lowest BCUT2D eigenvalue weighted by atomic mass is 9.99. The summed E-state index contributed by atoms with van der Waals surface area (Å²) in [5, 5.41) is 3.30. The fourth-order valence-electron chi connectivity index (χ4n) is 2.18. The molecule has 0 amide bonds. The van der Waals surface area contributed by atoms with Crippen molar-refractivity contribution in [2.45, 2.75) is 52.0 Å². The Labute approximate surface area is 109 Å². The van der Waals surface area contributed by atoms with Crippen molar-refractivity contribution >= 4 is 0 Å². The quantitative estimate of drug-likeness (QED) is 0.670. The number of hydrogen-bond donors (Lipinski definition) is 1. The smallest absolute Gasteiger partial charge is 0.126 e. The first kappa shape index (κ1) is 15.1. The van der Waals surface area contributed by atoms with E-state index in [-0.39, 0.29) is 6.04 Å². The number of rotatable bonds is 8. The highest BCUT2D eigenvalue weighted by atomic mass is 19.1. The predicted octanol–water partition coefficient (Wildman–Crippen LogP) is 4.59. The van der Waals surface area contributed by atoms with E-state index in [2.05, 4.69) is 12.2 Å². The highest BCUT2D eigenvalue weighted by Crippen LogP contribution is 2.22. The molecular weight excluding hydrogens is 232 g/mol. The molecule has 0 aromatic heterocycles. The predicted molar refractivity (Wildman–Crippen MR) is 71.5 cm³/mol. The van der Waals surface area contributed by atoms with Crippen molar-refractivity contribution in [3.63, 3.8) is 0 Å². The average Bonchev–Trinajstić information content (AvgIpc) is 2.32. The van der Waals surface area contributed by atoms with Gasteiger partial charge in [-0.05, 0) is 30.7 Å². The van der Waals surface area contributed by atoms with Gasteiger partial charge in [-0.15, -0.1) is 0 Å². The van der Waals surface area contributed by atoms with Crippen LogP contribution in [0.15, 0.2) is 18.2 Å². The topological polar surface area (TPSA) is 12.0 Å².